The number of rotatable bonds is 4. The minimum atomic E-state index is -4.51. The zero-order valence-corrected chi connectivity index (χ0v) is 17.1. The summed E-state index contributed by atoms with van der Waals surface area (Å²) in [6, 6.07) is 12.0. The lowest BCUT2D eigenvalue weighted by Gasteiger charge is -2.35. The van der Waals surface area contributed by atoms with Gasteiger partial charge in [0.1, 0.15) is 5.02 Å². The third-order valence-electron chi connectivity index (χ3n) is 5.10. The molecule has 6 nitrogen and oxygen atoms in total. The van der Waals surface area contributed by atoms with Crippen LogP contribution in [-0.4, -0.2) is 33.9 Å². The van der Waals surface area contributed by atoms with Crippen LogP contribution in [0.4, 0.5) is 24.5 Å². The van der Waals surface area contributed by atoms with Crippen molar-refractivity contribution < 1.29 is 13.2 Å². The highest BCUT2D eigenvalue weighted by Gasteiger charge is 2.31. The molecule has 0 bridgehead atoms. The Bertz CT molecular complexity index is 1100. The molecule has 0 saturated carbocycles. The Morgan fingerprint density at radius 2 is 1.87 bits per heavy atom. The topological polar surface area (TPSA) is 63.1 Å². The van der Waals surface area contributed by atoms with Crippen molar-refractivity contribution in [2.45, 2.75) is 25.1 Å². The fourth-order valence-electron chi connectivity index (χ4n) is 3.57. The van der Waals surface area contributed by atoms with Crippen LogP contribution in [0.5, 0.6) is 0 Å². The number of nitrogens with zero attached hydrogens (tertiary/aromatic N) is 4. The number of halogens is 4. The Labute approximate surface area is 181 Å². The SMILES string of the molecule is O=c1c(Cl)c(N2CCCC(Nc3ccccc3)C2)cnn1-c1ccc(C(F)(F)F)cn1. The number of pyridine rings is 1. The van der Waals surface area contributed by atoms with E-state index in [1.165, 1.54) is 6.20 Å². The van der Waals surface area contributed by atoms with Crippen molar-refractivity contribution in [3.8, 4) is 5.82 Å². The van der Waals surface area contributed by atoms with Crippen LogP contribution in [0.1, 0.15) is 18.4 Å². The predicted molar refractivity (Wildman–Crippen MR) is 113 cm³/mol. The van der Waals surface area contributed by atoms with Gasteiger partial charge in [-0.15, -0.1) is 0 Å². The number of aromatic nitrogens is 3. The molecule has 0 spiro atoms. The molecule has 3 heterocycles. The number of hydrogen-bond acceptors (Lipinski definition) is 5. The lowest BCUT2D eigenvalue weighted by atomic mass is 10.0. The molecule has 0 aliphatic carbocycles. The van der Waals surface area contributed by atoms with Crippen LogP contribution in [0.3, 0.4) is 0 Å². The molecule has 1 unspecified atom stereocenters. The molecule has 162 valence electrons. The third-order valence-corrected chi connectivity index (χ3v) is 5.45. The number of nitrogens with one attached hydrogen (secondary N) is 1. The van der Waals surface area contributed by atoms with Crippen molar-refractivity contribution in [1.29, 1.82) is 0 Å². The molecule has 0 radical (unpaired) electrons. The third kappa shape index (κ3) is 4.66. The predicted octanol–water partition coefficient (Wildman–Crippen LogP) is 4.38. The summed E-state index contributed by atoms with van der Waals surface area (Å²) in [5.74, 6) is -0.0336. The minimum absolute atomic E-state index is 0.0336. The maximum absolute atomic E-state index is 12.8. The monoisotopic (exact) mass is 449 g/mol. The summed E-state index contributed by atoms with van der Waals surface area (Å²) in [7, 11) is 0. The minimum Gasteiger partial charge on any atom is -0.381 e. The van der Waals surface area contributed by atoms with Gasteiger partial charge in [-0.05, 0) is 37.1 Å². The summed E-state index contributed by atoms with van der Waals surface area (Å²) in [5.41, 5.74) is -0.0291. The molecule has 1 fully saturated rings. The Balaban J connectivity index is 1.55. The molecule has 2 aromatic heterocycles. The second-order valence-electron chi connectivity index (χ2n) is 7.26. The molecule has 1 aromatic carbocycles. The van der Waals surface area contributed by atoms with Crippen LogP contribution in [0, 0.1) is 0 Å². The van der Waals surface area contributed by atoms with Gasteiger partial charge in [0.25, 0.3) is 5.56 Å². The molecule has 0 amide bonds. The number of anilines is 2. The summed E-state index contributed by atoms with van der Waals surface area (Å²) in [6.07, 6.45) is -0.513. The van der Waals surface area contributed by atoms with Crippen LogP contribution >= 0.6 is 11.6 Å². The highest BCUT2D eigenvalue weighted by Crippen LogP contribution is 2.29. The van der Waals surface area contributed by atoms with E-state index < -0.39 is 17.3 Å². The van der Waals surface area contributed by atoms with Gasteiger partial charge >= 0.3 is 6.18 Å². The average molecular weight is 450 g/mol. The Morgan fingerprint density at radius 1 is 1.10 bits per heavy atom. The lowest BCUT2D eigenvalue weighted by Crippen LogP contribution is -2.43. The number of piperidine rings is 1. The van der Waals surface area contributed by atoms with E-state index in [-0.39, 0.29) is 16.9 Å². The van der Waals surface area contributed by atoms with E-state index in [1.807, 2.05) is 35.2 Å². The average Bonchev–Trinajstić information content (AvgIpc) is 2.76. The van der Waals surface area contributed by atoms with E-state index in [0.29, 0.717) is 18.4 Å². The summed E-state index contributed by atoms with van der Waals surface area (Å²) in [5, 5.41) is 7.53. The molecule has 1 atom stereocenters. The van der Waals surface area contributed by atoms with Gasteiger partial charge in [-0.3, -0.25) is 4.79 Å². The second-order valence-corrected chi connectivity index (χ2v) is 7.64. The maximum Gasteiger partial charge on any atom is 0.417 e. The molecule has 3 aromatic rings. The first-order valence-electron chi connectivity index (χ1n) is 9.71. The fourth-order valence-corrected chi connectivity index (χ4v) is 3.82. The van der Waals surface area contributed by atoms with Crippen LogP contribution in [0.25, 0.3) is 5.82 Å². The summed E-state index contributed by atoms with van der Waals surface area (Å²) >= 11 is 6.35. The summed E-state index contributed by atoms with van der Waals surface area (Å²) < 4.78 is 39.1. The Hall–Kier alpha value is -3.07. The fraction of sp³-hybridized carbons (Fsp3) is 0.286. The van der Waals surface area contributed by atoms with Crippen molar-refractivity contribution >= 4 is 23.0 Å². The van der Waals surface area contributed by atoms with Crippen molar-refractivity contribution in [3.63, 3.8) is 0 Å². The molecule has 1 aliphatic heterocycles. The van der Waals surface area contributed by atoms with Crippen molar-refractivity contribution in [2.75, 3.05) is 23.3 Å². The van der Waals surface area contributed by atoms with Crippen LogP contribution in [0.2, 0.25) is 5.02 Å². The molecule has 31 heavy (non-hydrogen) atoms. The number of hydrogen-bond donors (Lipinski definition) is 1. The normalized spacial score (nSPS) is 16.9. The number of para-hydroxylation sites is 1. The molecule has 1 aliphatic rings. The Kier molecular flexibility index (Phi) is 5.86. The van der Waals surface area contributed by atoms with Gasteiger partial charge in [0.2, 0.25) is 0 Å². The van der Waals surface area contributed by atoms with Crippen LogP contribution in [0.15, 0.2) is 59.7 Å². The highest BCUT2D eigenvalue weighted by atomic mass is 35.5. The van der Waals surface area contributed by atoms with Gasteiger partial charge in [0.05, 0.1) is 17.4 Å². The van der Waals surface area contributed by atoms with E-state index in [9.17, 15) is 18.0 Å². The lowest BCUT2D eigenvalue weighted by molar-refractivity contribution is -0.137. The van der Waals surface area contributed by atoms with Gasteiger partial charge < -0.3 is 10.2 Å². The van der Waals surface area contributed by atoms with Crippen molar-refractivity contribution in [2.24, 2.45) is 0 Å². The van der Waals surface area contributed by atoms with E-state index in [0.717, 1.165) is 41.9 Å². The van der Waals surface area contributed by atoms with Gasteiger partial charge in [0.15, 0.2) is 5.82 Å². The first kappa shape index (κ1) is 21.2. The first-order chi connectivity index (χ1) is 14.8. The van der Waals surface area contributed by atoms with Crippen molar-refractivity contribution in [3.05, 3.63) is 75.8 Å². The molecule has 1 saturated heterocycles. The standard InChI is InChI=1S/C21H19ClF3N5O/c22-19-17(29-10-4-7-16(13-29)28-15-5-2-1-3-6-15)12-27-30(20(19)31)18-9-8-14(11-26-18)21(23,24)25/h1-3,5-6,8-9,11-12,16,28H,4,7,10,13H2. The summed E-state index contributed by atoms with van der Waals surface area (Å²) in [6.45, 7) is 1.36. The van der Waals surface area contributed by atoms with E-state index in [4.69, 9.17) is 11.6 Å². The summed E-state index contributed by atoms with van der Waals surface area (Å²) in [4.78, 5) is 18.5. The number of benzene rings is 1. The van der Waals surface area contributed by atoms with Crippen molar-refractivity contribution in [1.82, 2.24) is 14.8 Å². The van der Waals surface area contributed by atoms with E-state index >= 15 is 0 Å². The van der Waals surface area contributed by atoms with E-state index in [2.05, 4.69) is 15.4 Å². The molecule has 1 N–H and O–H groups in total. The molecular weight excluding hydrogens is 431 g/mol. The van der Waals surface area contributed by atoms with Gasteiger partial charge in [0, 0.05) is 31.0 Å². The quantitative estimate of drug-likeness (QED) is 0.640. The van der Waals surface area contributed by atoms with E-state index in [1.54, 1.807) is 0 Å². The second kappa shape index (κ2) is 8.58. The molecular formula is C21H19ClF3N5O. The Morgan fingerprint density at radius 3 is 2.55 bits per heavy atom. The largest absolute Gasteiger partial charge is 0.417 e. The zero-order chi connectivity index (χ0) is 22.0. The van der Waals surface area contributed by atoms with Crippen LogP contribution < -0.4 is 15.8 Å². The highest BCUT2D eigenvalue weighted by molar-refractivity contribution is 6.33. The van der Waals surface area contributed by atoms with Gasteiger partial charge in [-0.2, -0.15) is 23.0 Å². The zero-order valence-electron chi connectivity index (χ0n) is 16.3. The van der Waals surface area contributed by atoms with Gasteiger partial charge in [-0.25, -0.2) is 4.98 Å². The maximum atomic E-state index is 12.8. The first-order valence-corrected chi connectivity index (χ1v) is 10.1. The van der Waals surface area contributed by atoms with Crippen LogP contribution in [-0.2, 0) is 6.18 Å². The smallest absolute Gasteiger partial charge is 0.381 e. The molecule has 4 rings (SSSR count). The van der Waals surface area contributed by atoms with Gasteiger partial charge in [-0.1, -0.05) is 29.8 Å². The molecule has 10 heteroatoms. The number of alkyl halides is 3.